The van der Waals surface area contributed by atoms with E-state index in [0.717, 1.165) is 33.4 Å². The molecule has 0 saturated carbocycles. The van der Waals surface area contributed by atoms with E-state index in [4.69, 9.17) is 5.10 Å². The largest absolute Gasteiger partial charge is 0.366 e. The Labute approximate surface area is 315 Å². The van der Waals surface area contributed by atoms with Crippen LogP contribution in [0.15, 0.2) is 206 Å². The number of benzene rings is 8. The average Bonchev–Trinajstić information content (AvgIpc) is 3.77. The summed E-state index contributed by atoms with van der Waals surface area (Å²) in [6, 6.07) is 74.3. The topological polar surface area (TPSA) is 29.9 Å². The molecule has 0 unspecified atom stereocenters. The van der Waals surface area contributed by atoms with Gasteiger partial charge in [0, 0.05) is 22.2 Å². The summed E-state index contributed by atoms with van der Waals surface area (Å²) < 4.78 is 2.10. The molecule has 3 heteroatoms. The van der Waals surface area contributed by atoms with Gasteiger partial charge in [-0.25, -0.2) is 4.68 Å². The highest BCUT2D eigenvalue weighted by Crippen LogP contribution is 2.57. The van der Waals surface area contributed by atoms with Gasteiger partial charge < -0.3 is 5.32 Å². The van der Waals surface area contributed by atoms with Gasteiger partial charge in [0.1, 0.15) is 12.4 Å². The van der Waals surface area contributed by atoms with Gasteiger partial charge in [-0.1, -0.05) is 188 Å². The van der Waals surface area contributed by atoms with E-state index < -0.39 is 5.41 Å². The SMILES string of the molecule is c1ccc(-c2ccc(-c3nn(CNc4cc5c(cc4-c4ccccc4)C(c4ccccc4)(c4ccccc4)c4ccccc4-5)c4ccccc34)cc2)cc1. The second-order valence-electron chi connectivity index (χ2n) is 14.0. The van der Waals surface area contributed by atoms with Crippen LogP contribution in [0, 0.1) is 0 Å². The summed E-state index contributed by atoms with van der Waals surface area (Å²) in [4.78, 5) is 0. The van der Waals surface area contributed by atoms with Crippen molar-refractivity contribution >= 4 is 16.6 Å². The first-order valence-electron chi connectivity index (χ1n) is 18.6. The number of nitrogens with zero attached hydrogens (tertiary/aromatic N) is 2. The van der Waals surface area contributed by atoms with Crippen LogP contribution in [0.4, 0.5) is 5.69 Å². The van der Waals surface area contributed by atoms with Crippen LogP contribution in [0.2, 0.25) is 0 Å². The highest BCUT2D eigenvalue weighted by molar-refractivity contribution is 5.95. The third kappa shape index (κ3) is 5.16. The number of nitrogens with one attached hydrogen (secondary N) is 1. The molecule has 256 valence electrons. The molecule has 0 atom stereocenters. The Morgan fingerprint density at radius 3 is 1.65 bits per heavy atom. The van der Waals surface area contributed by atoms with Crippen LogP contribution in [-0.2, 0) is 12.1 Å². The van der Waals surface area contributed by atoms with Gasteiger partial charge >= 0.3 is 0 Å². The van der Waals surface area contributed by atoms with Gasteiger partial charge in [-0.05, 0) is 68.3 Å². The van der Waals surface area contributed by atoms with Crippen LogP contribution in [-0.4, -0.2) is 9.78 Å². The van der Waals surface area contributed by atoms with Crippen molar-refractivity contribution in [3.8, 4) is 44.6 Å². The first kappa shape index (κ1) is 31.7. The van der Waals surface area contributed by atoms with Gasteiger partial charge in [-0.2, -0.15) is 5.10 Å². The molecule has 0 spiro atoms. The van der Waals surface area contributed by atoms with Crippen LogP contribution in [0.3, 0.4) is 0 Å². The molecule has 10 rings (SSSR count). The second kappa shape index (κ2) is 13.2. The average molecular weight is 692 g/mol. The number of hydrogen-bond acceptors (Lipinski definition) is 2. The number of rotatable bonds is 8. The maximum Gasteiger partial charge on any atom is 0.110 e. The van der Waals surface area contributed by atoms with Crippen molar-refractivity contribution in [2.24, 2.45) is 0 Å². The molecular weight excluding hydrogens is 655 g/mol. The summed E-state index contributed by atoms with van der Waals surface area (Å²) in [6.07, 6.45) is 0. The normalized spacial score (nSPS) is 12.7. The maximum absolute atomic E-state index is 5.24. The van der Waals surface area contributed by atoms with Crippen molar-refractivity contribution in [3.63, 3.8) is 0 Å². The minimum absolute atomic E-state index is 0.473. The van der Waals surface area contributed by atoms with Crippen LogP contribution in [0.5, 0.6) is 0 Å². The molecule has 0 bridgehead atoms. The highest BCUT2D eigenvalue weighted by Gasteiger charge is 2.46. The fraction of sp³-hybridized carbons (Fsp3) is 0.0392. The second-order valence-corrected chi connectivity index (χ2v) is 14.0. The molecule has 1 N–H and O–H groups in total. The van der Waals surface area contributed by atoms with E-state index >= 15 is 0 Å². The third-order valence-corrected chi connectivity index (χ3v) is 11.0. The van der Waals surface area contributed by atoms with Crippen LogP contribution < -0.4 is 5.32 Å². The molecule has 9 aromatic rings. The predicted molar refractivity (Wildman–Crippen MR) is 223 cm³/mol. The minimum Gasteiger partial charge on any atom is -0.366 e. The lowest BCUT2D eigenvalue weighted by atomic mass is 9.67. The number of anilines is 1. The molecule has 0 aliphatic heterocycles. The standard InChI is InChI=1S/C51H37N3/c1-5-17-36(18-6-1)37-29-31-39(32-30-37)50-43-26-14-16-28-49(43)54(53-50)35-52-48-34-45-42-25-13-15-27-46(42)51(40-21-9-3-10-22-40,41-23-11-4-12-24-41)47(45)33-44(48)38-19-7-2-8-20-38/h1-34,52H,35H2. The number of fused-ring (bicyclic) bond motifs is 4. The molecule has 0 saturated heterocycles. The maximum atomic E-state index is 5.24. The Hall–Kier alpha value is -6.97. The lowest BCUT2D eigenvalue weighted by Crippen LogP contribution is -2.28. The van der Waals surface area contributed by atoms with E-state index in [9.17, 15) is 0 Å². The molecule has 3 nitrogen and oxygen atoms in total. The van der Waals surface area contributed by atoms with Gasteiger partial charge in [-0.15, -0.1) is 0 Å². The molecule has 8 aromatic carbocycles. The van der Waals surface area contributed by atoms with E-state index in [2.05, 4.69) is 216 Å². The molecule has 0 radical (unpaired) electrons. The minimum atomic E-state index is -0.473. The number of hydrogen-bond donors (Lipinski definition) is 1. The molecule has 1 aliphatic carbocycles. The van der Waals surface area contributed by atoms with Gasteiger partial charge in [0.15, 0.2) is 0 Å². The number of aromatic nitrogens is 2. The zero-order valence-corrected chi connectivity index (χ0v) is 29.7. The van der Waals surface area contributed by atoms with Crippen molar-refractivity contribution in [3.05, 3.63) is 229 Å². The summed E-state index contributed by atoms with van der Waals surface area (Å²) in [5, 5.41) is 10.3. The Balaban J connectivity index is 1.11. The summed E-state index contributed by atoms with van der Waals surface area (Å²) >= 11 is 0. The predicted octanol–water partition coefficient (Wildman–Crippen LogP) is 12.5. The van der Waals surface area contributed by atoms with Crippen molar-refractivity contribution < 1.29 is 0 Å². The quantitative estimate of drug-likeness (QED) is 0.172. The fourth-order valence-electron chi connectivity index (χ4n) is 8.56. The molecule has 1 aromatic heterocycles. The Kier molecular flexibility index (Phi) is 7.77. The van der Waals surface area contributed by atoms with Crippen molar-refractivity contribution in [1.29, 1.82) is 0 Å². The molecule has 1 heterocycles. The van der Waals surface area contributed by atoms with Crippen molar-refractivity contribution in [2.75, 3.05) is 5.32 Å². The van der Waals surface area contributed by atoms with Gasteiger partial charge in [0.25, 0.3) is 0 Å². The zero-order valence-electron chi connectivity index (χ0n) is 29.7. The monoisotopic (exact) mass is 691 g/mol. The van der Waals surface area contributed by atoms with Crippen molar-refractivity contribution in [1.82, 2.24) is 9.78 Å². The zero-order chi connectivity index (χ0) is 35.9. The molecule has 0 fully saturated rings. The fourth-order valence-corrected chi connectivity index (χ4v) is 8.56. The van der Waals surface area contributed by atoms with E-state index in [1.165, 1.54) is 50.1 Å². The summed E-state index contributed by atoms with van der Waals surface area (Å²) in [6.45, 7) is 0.505. The Morgan fingerprint density at radius 1 is 0.426 bits per heavy atom. The molecule has 54 heavy (non-hydrogen) atoms. The molecule has 1 aliphatic rings. The van der Waals surface area contributed by atoms with E-state index in [1.807, 2.05) is 0 Å². The van der Waals surface area contributed by atoms with Gasteiger partial charge in [0.2, 0.25) is 0 Å². The van der Waals surface area contributed by atoms with Gasteiger partial charge in [0.05, 0.1) is 10.9 Å². The highest BCUT2D eigenvalue weighted by atomic mass is 15.3. The first-order chi connectivity index (χ1) is 26.8. The summed E-state index contributed by atoms with van der Waals surface area (Å²) in [7, 11) is 0. The van der Waals surface area contributed by atoms with Crippen LogP contribution in [0.25, 0.3) is 55.5 Å². The molecule has 0 amide bonds. The Bertz CT molecular complexity index is 2690. The van der Waals surface area contributed by atoms with Crippen molar-refractivity contribution in [2.45, 2.75) is 12.1 Å². The smallest absolute Gasteiger partial charge is 0.110 e. The lowest BCUT2D eigenvalue weighted by Gasteiger charge is -2.34. The first-order valence-corrected chi connectivity index (χ1v) is 18.6. The molecular formula is C51H37N3. The van der Waals surface area contributed by atoms with Crippen LogP contribution >= 0.6 is 0 Å². The van der Waals surface area contributed by atoms with Gasteiger partial charge in [-0.3, -0.25) is 0 Å². The summed E-state index contributed by atoms with van der Waals surface area (Å²) in [5.41, 5.74) is 16.1. The van der Waals surface area contributed by atoms with E-state index in [0.29, 0.717) is 6.67 Å². The summed E-state index contributed by atoms with van der Waals surface area (Å²) in [5.74, 6) is 0. The van der Waals surface area contributed by atoms with Crippen LogP contribution in [0.1, 0.15) is 22.3 Å². The Morgan fingerprint density at radius 2 is 0.963 bits per heavy atom. The van der Waals surface area contributed by atoms with E-state index in [1.54, 1.807) is 0 Å². The third-order valence-electron chi connectivity index (χ3n) is 11.0. The number of para-hydroxylation sites is 1. The lowest BCUT2D eigenvalue weighted by molar-refractivity contribution is 0.697. The van der Waals surface area contributed by atoms with E-state index in [-0.39, 0.29) is 0 Å².